The lowest BCUT2D eigenvalue weighted by atomic mass is 9.96. The number of hydrogen-bond donors (Lipinski definition) is 1. The van der Waals surface area contributed by atoms with Crippen LogP contribution in [-0.4, -0.2) is 16.7 Å². The van der Waals surface area contributed by atoms with Crippen LogP contribution < -0.4 is 4.74 Å². The normalized spacial score (nSPS) is 17.6. The molecule has 0 aliphatic heterocycles. The topological polar surface area (TPSA) is 46.5 Å². The first-order chi connectivity index (χ1) is 7.83. The third-order valence-corrected chi connectivity index (χ3v) is 2.99. The third kappa shape index (κ3) is 2.43. The van der Waals surface area contributed by atoms with Gasteiger partial charge in [-0.25, -0.2) is 0 Å². The highest BCUT2D eigenvalue weighted by molar-refractivity contribution is 5.84. The lowest BCUT2D eigenvalue weighted by Gasteiger charge is -2.21. The van der Waals surface area contributed by atoms with Crippen molar-refractivity contribution in [3.8, 4) is 5.75 Å². The van der Waals surface area contributed by atoms with Gasteiger partial charge in [0.25, 0.3) is 0 Å². The van der Waals surface area contributed by atoms with Gasteiger partial charge in [-0.2, -0.15) is 0 Å². The predicted octanol–water partition coefficient (Wildman–Crippen LogP) is 2.98. The van der Waals surface area contributed by atoms with E-state index >= 15 is 0 Å². The second-order valence-electron chi connectivity index (χ2n) is 5.63. The molecule has 0 saturated heterocycles. The minimum Gasteiger partial charge on any atom is -0.488 e. The zero-order chi connectivity index (χ0) is 12.7. The molecular formula is C14H18O3. The molecule has 1 N–H and O–H groups in total. The van der Waals surface area contributed by atoms with Crippen LogP contribution in [0.4, 0.5) is 0 Å². The number of aliphatic carboxylic acids is 1. The van der Waals surface area contributed by atoms with Crippen LogP contribution >= 0.6 is 0 Å². The first-order valence-corrected chi connectivity index (χ1v) is 5.86. The Balaban J connectivity index is 2.17. The van der Waals surface area contributed by atoms with Gasteiger partial charge in [-0.15, -0.1) is 0 Å². The maximum Gasteiger partial charge on any atom is 0.314 e. The Morgan fingerprint density at radius 2 is 1.76 bits per heavy atom. The summed E-state index contributed by atoms with van der Waals surface area (Å²) in [5.74, 6) is 0.0597. The Hall–Kier alpha value is -1.51. The van der Waals surface area contributed by atoms with E-state index in [-0.39, 0.29) is 5.60 Å². The summed E-state index contributed by atoms with van der Waals surface area (Å²) in [4.78, 5) is 11.2. The van der Waals surface area contributed by atoms with Gasteiger partial charge in [0.15, 0.2) is 0 Å². The smallest absolute Gasteiger partial charge is 0.314 e. The molecule has 3 nitrogen and oxygen atoms in total. The zero-order valence-electron chi connectivity index (χ0n) is 10.5. The molecule has 0 heterocycles. The molecule has 0 aromatic heterocycles. The first kappa shape index (κ1) is 12.0. The summed E-state index contributed by atoms with van der Waals surface area (Å²) in [6.45, 7) is 5.96. The second-order valence-corrected chi connectivity index (χ2v) is 5.63. The minimum absolute atomic E-state index is 0.231. The highest BCUT2D eigenvalue weighted by atomic mass is 16.5. The van der Waals surface area contributed by atoms with Crippen molar-refractivity contribution in [1.29, 1.82) is 0 Å². The van der Waals surface area contributed by atoms with Crippen LogP contribution in [0.3, 0.4) is 0 Å². The van der Waals surface area contributed by atoms with E-state index in [0.29, 0.717) is 0 Å². The average Bonchev–Trinajstić information content (AvgIpc) is 2.97. The van der Waals surface area contributed by atoms with Gasteiger partial charge in [0.1, 0.15) is 11.4 Å². The molecular weight excluding hydrogens is 216 g/mol. The number of ether oxygens (including phenoxy) is 1. The van der Waals surface area contributed by atoms with E-state index in [4.69, 9.17) is 4.74 Å². The fourth-order valence-electron chi connectivity index (χ4n) is 1.95. The molecule has 1 fully saturated rings. The van der Waals surface area contributed by atoms with Crippen LogP contribution in [0.2, 0.25) is 0 Å². The SMILES string of the molecule is CC(C)(C)Oc1ccc(C2(C(=O)O)CC2)cc1. The molecule has 1 saturated carbocycles. The number of rotatable bonds is 3. The fraction of sp³-hybridized carbons (Fsp3) is 0.500. The van der Waals surface area contributed by atoms with E-state index in [1.54, 1.807) is 0 Å². The Labute approximate surface area is 101 Å². The molecule has 2 rings (SSSR count). The third-order valence-electron chi connectivity index (χ3n) is 2.99. The first-order valence-electron chi connectivity index (χ1n) is 5.86. The molecule has 0 atom stereocenters. The summed E-state index contributed by atoms with van der Waals surface area (Å²) >= 11 is 0. The summed E-state index contributed by atoms with van der Waals surface area (Å²) < 4.78 is 5.70. The minimum atomic E-state index is -0.720. The van der Waals surface area contributed by atoms with Gasteiger partial charge in [-0.1, -0.05) is 12.1 Å². The Kier molecular flexibility index (Phi) is 2.64. The van der Waals surface area contributed by atoms with Gasteiger partial charge in [0.05, 0.1) is 5.41 Å². The Morgan fingerprint density at radius 1 is 1.24 bits per heavy atom. The van der Waals surface area contributed by atoms with Crippen LogP contribution in [0.5, 0.6) is 5.75 Å². The summed E-state index contributed by atoms with van der Waals surface area (Å²) in [6.07, 6.45) is 1.48. The zero-order valence-corrected chi connectivity index (χ0v) is 10.5. The van der Waals surface area contributed by atoms with E-state index < -0.39 is 11.4 Å². The van der Waals surface area contributed by atoms with Crippen LogP contribution in [0.1, 0.15) is 39.2 Å². The largest absolute Gasteiger partial charge is 0.488 e. The highest BCUT2D eigenvalue weighted by Gasteiger charge is 2.51. The van der Waals surface area contributed by atoms with Gasteiger partial charge in [-0.05, 0) is 51.3 Å². The van der Waals surface area contributed by atoms with E-state index in [9.17, 15) is 9.90 Å². The van der Waals surface area contributed by atoms with Gasteiger partial charge >= 0.3 is 5.97 Å². The maximum atomic E-state index is 11.2. The molecule has 0 spiro atoms. The monoisotopic (exact) mass is 234 g/mol. The molecule has 1 aliphatic carbocycles. The molecule has 17 heavy (non-hydrogen) atoms. The second kappa shape index (κ2) is 3.76. The summed E-state index contributed by atoms with van der Waals surface area (Å²) in [5.41, 5.74) is 0.0255. The van der Waals surface area contributed by atoms with E-state index in [0.717, 1.165) is 24.2 Å². The highest BCUT2D eigenvalue weighted by Crippen LogP contribution is 2.48. The van der Waals surface area contributed by atoms with Crippen LogP contribution in [0, 0.1) is 0 Å². The van der Waals surface area contributed by atoms with Gasteiger partial charge in [0, 0.05) is 0 Å². The van der Waals surface area contributed by atoms with E-state index in [1.807, 2.05) is 45.0 Å². The van der Waals surface area contributed by atoms with Crippen LogP contribution in [0.15, 0.2) is 24.3 Å². The molecule has 1 aromatic carbocycles. The Bertz CT molecular complexity index is 422. The predicted molar refractivity (Wildman–Crippen MR) is 65.4 cm³/mol. The number of hydrogen-bond acceptors (Lipinski definition) is 2. The van der Waals surface area contributed by atoms with Gasteiger partial charge in [0.2, 0.25) is 0 Å². The molecule has 0 radical (unpaired) electrons. The molecule has 3 heteroatoms. The van der Waals surface area contributed by atoms with Crippen molar-refractivity contribution >= 4 is 5.97 Å². The fourth-order valence-corrected chi connectivity index (χ4v) is 1.95. The molecule has 0 bridgehead atoms. The number of carboxylic acid groups (broad SMARTS) is 1. The van der Waals surface area contributed by atoms with Gasteiger partial charge in [-0.3, -0.25) is 4.79 Å². The van der Waals surface area contributed by atoms with Crippen molar-refractivity contribution in [2.45, 2.75) is 44.6 Å². The lowest BCUT2D eigenvalue weighted by molar-refractivity contribution is -0.140. The molecule has 1 aromatic rings. The summed E-state index contributed by atoms with van der Waals surface area (Å²) in [5, 5.41) is 9.18. The van der Waals surface area contributed by atoms with Gasteiger partial charge < -0.3 is 9.84 Å². The average molecular weight is 234 g/mol. The molecule has 1 aliphatic rings. The standard InChI is InChI=1S/C14H18O3/c1-13(2,3)17-11-6-4-10(5-7-11)14(8-9-14)12(15)16/h4-7H,8-9H2,1-3H3,(H,15,16). The van der Waals surface area contributed by atoms with Crippen molar-refractivity contribution < 1.29 is 14.6 Å². The van der Waals surface area contributed by atoms with Crippen molar-refractivity contribution in [2.24, 2.45) is 0 Å². The lowest BCUT2D eigenvalue weighted by Crippen LogP contribution is -2.23. The quantitative estimate of drug-likeness (QED) is 0.874. The van der Waals surface area contributed by atoms with Crippen LogP contribution in [-0.2, 0) is 10.2 Å². The van der Waals surface area contributed by atoms with E-state index in [2.05, 4.69) is 0 Å². The number of benzene rings is 1. The molecule has 92 valence electrons. The number of carbonyl (C=O) groups is 1. The van der Waals surface area contributed by atoms with Crippen LogP contribution in [0.25, 0.3) is 0 Å². The maximum absolute atomic E-state index is 11.2. The Morgan fingerprint density at radius 3 is 2.12 bits per heavy atom. The molecule has 0 amide bonds. The van der Waals surface area contributed by atoms with Crippen molar-refractivity contribution in [1.82, 2.24) is 0 Å². The van der Waals surface area contributed by atoms with Crippen molar-refractivity contribution in [3.05, 3.63) is 29.8 Å². The summed E-state index contributed by atoms with van der Waals surface area (Å²) in [6, 6.07) is 7.43. The number of carboxylic acids is 1. The van der Waals surface area contributed by atoms with Crippen molar-refractivity contribution in [2.75, 3.05) is 0 Å². The van der Waals surface area contributed by atoms with Crippen molar-refractivity contribution in [3.63, 3.8) is 0 Å². The summed E-state index contributed by atoms with van der Waals surface area (Å²) in [7, 11) is 0. The van der Waals surface area contributed by atoms with E-state index in [1.165, 1.54) is 0 Å². The molecule has 0 unspecified atom stereocenters.